The Kier molecular flexibility index (Phi) is 8.94. The van der Waals surface area contributed by atoms with Crippen LogP contribution in [0.1, 0.15) is 57.9 Å². The molecule has 1 aromatic carbocycles. The van der Waals surface area contributed by atoms with E-state index in [1.165, 1.54) is 21.7 Å². The topological polar surface area (TPSA) is 38.8 Å². The molecule has 0 aliphatic carbocycles. The fourth-order valence-corrected chi connectivity index (χ4v) is 3.67. The minimum atomic E-state index is -0.421. The largest absolute Gasteiger partial charge is 0.385 e. The van der Waals surface area contributed by atoms with Crippen molar-refractivity contribution in [2.24, 2.45) is 5.92 Å². The number of methoxy groups -OCH3 is 1. The Morgan fingerprint density at radius 2 is 1.79 bits per heavy atom. The highest BCUT2D eigenvalue weighted by molar-refractivity contribution is 5.28. The summed E-state index contributed by atoms with van der Waals surface area (Å²) in [6.07, 6.45) is 2.90. The maximum Gasteiger partial charge on any atom is 0.126 e. The van der Waals surface area contributed by atoms with Gasteiger partial charge in [-0.15, -0.1) is 0 Å². The molecule has 0 fully saturated rings. The summed E-state index contributed by atoms with van der Waals surface area (Å²) in [4.78, 5) is 1.41. The van der Waals surface area contributed by atoms with Crippen LogP contribution in [0.2, 0.25) is 0 Å². The van der Waals surface area contributed by atoms with Crippen molar-refractivity contribution in [2.75, 3.05) is 26.8 Å². The van der Waals surface area contributed by atoms with Crippen LogP contribution in [0, 0.1) is 5.92 Å². The van der Waals surface area contributed by atoms with Crippen LogP contribution in [-0.2, 0) is 23.2 Å². The van der Waals surface area contributed by atoms with Gasteiger partial charge in [0.1, 0.15) is 19.2 Å². The SMILES string of the molecule is COC[C@@H](O)C[NH+](CCC(C)C)Cc1cccn1Cc1ccc(C(C)(C)C)cc1. The second-order valence-electron chi connectivity index (χ2n) is 9.75. The van der Waals surface area contributed by atoms with E-state index in [1.807, 2.05) is 0 Å². The molecule has 4 nitrogen and oxygen atoms in total. The maximum atomic E-state index is 10.3. The fraction of sp³-hybridized carbons (Fsp3) is 0.600. The molecule has 162 valence electrons. The summed E-state index contributed by atoms with van der Waals surface area (Å²) in [5.74, 6) is 0.665. The first-order chi connectivity index (χ1) is 13.7. The Labute approximate surface area is 177 Å². The molecule has 0 aliphatic rings. The summed E-state index contributed by atoms with van der Waals surface area (Å²) in [6.45, 7) is 15.2. The highest BCUT2D eigenvalue weighted by Crippen LogP contribution is 2.22. The highest BCUT2D eigenvalue weighted by atomic mass is 16.5. The predicted molar refractivity (Wildman–Crippen MR) is 120 cm³/mol. The quantitative estimate of drug-likeness (QED) is 0.607. The van der Waals surface area contributed by atoms with Gasteiger partial charge in [-0.3, -0.25) is 0 Å². The van der Waals surface area contributed by atoms with Gasteiger partial charge in [0.05, 0.1) is 18.8 Å². The molecule has 2 rings (SSSR count). The van der Waals surface area contributed by atoms with Crippen molar-refractivity contribution in [1.29, 1.82) is 0 Å². The smallest absolute Gasteiger partial charge is 0.126 e. The first kappa shape index (κ1) is 23.7. The van der Waals surface area contributed by atoms with Crippen molar-refractivity contribution in [3.05, 3.63) is 59.4 Å². The number of aliphatic hydroxyl groups excluding tert-OH is 1. The van der Waals surface area contributed by atoms with Crippen LogP contribution in [0.5, 0.6) is 0 Å². The molecule has 0 spiro atoms. The fourth-order valence-electron chi connectivity index (χ4n) is 3.67. The first-order valence-corrected chi connectivity index (χ1v) is 10.9. The molecule has 0 saturated carbocycles. The van der Waals surface area contributed by atoms with E-state index in [0.29, 0.717) is 19.1 Å². The van der Waals surface area contributed by atoms with E-state index in [-0.39, 0.29) is 5.41 Å². The molecule has 0 aliphatic heterocycles. The number of hydrogen-bond donors (Lipinski definition) is 2. The molecule has 2 atom stereocenters. The summed E-state index contributed by atoms with van der Waals surface area (Å²) in [5, 5.41) is 10.3. The Bertz CT molecular complexity index is 713. The van der Waals surface area contributed by atoms with Crippen molar-refractivity contribution in [3.8, 4) is 0 Å². The number of quaternary nitrogens is 1. The number of aliphatic hydroxyl groups is 1. The highest BCUT2D eigenvalue weighted by Gasteiger charge is 2.18. The number of benzene rings is 1. The standard InChI is InChI=1S/C25H40N2O2/c1-20(2)13-15-26(18-24(28)19-29-6)17-23-8-7-14-27(23)16-21-9-11-22(12-10-21)25(3,4)5/h7-12,14,20,24,28H,13,15-19H2,1-6H3/p+1/t24-/m0/s1. The lowest BCUT2D eigenvalue weighted by atomic mass is 9.87. The second kappa shape index (κ2) is 11.0. The van der Waals surface area contributed by atoms with Gasteiger partial charge in [-0.25, -0.2) is 0 Å². The summed E-state index contributed by atoms with van der Waals surface area (Å²) in [7, 11) is 1.65. The first-order valence-electron chi connectivity index (χ1n) is 10.9. The Morgan fingerprint density at radius 1 is 1.10 bits per heavy atom. The van der Waals surface area contributed by atoms with Crippen LogP contribution in [0.3, 0.4) is 0 Å². The van der Waals surface area contributed by atoms with E-state index in [1.54, 1.807) is 7.11 Å². The zero-order valence-electron chi connectivity index (χ0n) is 19.2. The number of nitrogens with zero attached hydrogens (tertiary/aromatic N) is 1. The van der Waals surface area contributed by atoms with Gasteiger partial charge in [0.15, 0.2) is 0 Å². The van der Waals surface area contributed by atoms with Gasteiger partial charge in [-0.1, -0.05) is 58.9 Å². The molecule has 1 aromatic heterocycles. The van der Waals surface area contributed by atoms with Gasteiger partial charge in [-0.05, 0) is 41.0 Å². The lowest BCUT2D eigenvalue weighted by Crippen LogP contribution is -3.12. The average Bonchev–Trinajstić information content (AvgIpc) is 3.06. The molecule has 0 saturated heterocycles. The third-order valence-corrected chi connectivity index (χ3v) is 5.49. The minimum absolute atomic E-state index is 0.181. The number of hydrogen-bond acceptors (Lipinski definition) is 2. The zero-order valence-corrected chi connectivity index (χ0v) is 19.2. The molecule has 2 N–H and O–H groups in total. The van der Waals surface area contributed by atoms with E-state index >= 15 is 0 Å². The van der Waals surface area contributed by atoms with Crippen LogP contribution in [-0.4, -0.2) is 42.6 Å². The summed E-state index contributed by atoms with van der Waals surface area (Å²) in [5.41, 5.74) is 4.18. The second-order valence-corrected chi connectivity index (χ2v) is 9.75. The Balaban J connectivity index is 2.07. The van der Waals surface area contributed by atoms with Gasteiger partial charge < -0.3 is 19.3 Å². The lowest BCUT2D eigenvalue weighted by molar-refractivity contribution is -0.917. The van der Waals surface area contributed by atoms with Gasteiger partial charge in [0, 0.05) is 19.9 Å². The van der Waals surface area contributed by atoms with E-state index in [9.17, 15) is 5.11 Å². The van der Waals surface area contributed by atoms with Crippen molar-refractivity contribution in [2.45, 2.75) is 65.6 Å². The van der Waals surface area contributed by atoms with Gasteiger partial charge in [0.25, 0.3) is 0 Å². The molecule has 2 aromatic rings. The maximum absolute atomic E-state index is 10.3. The Hall–Kier alpha value is -1.62. The number of ether oxygens (including phenoxy) is 1. The number of rotatable bonds is 11. The normalized spacial score (nSPS) is 14.3. The molecule has 4 heteroatoms. The van der Waals surface area contributed by atoms with Crippen LogP contribution in [0.4, 0.5) is 0 Å². The van der Waals surface area contributed by atoms with Crippen LogP contribution >= 0.6 is 0 Å². The Morgan fingerprint density at radius 3 is 2.38 bits per heavy atom. The number of aromatic nitrogens is 1. The van der Waals surface area contributed by atoms with E-state index in [2.05, 4.69) is 81.8 Å². The average molecular weight is 402 g/mol. The summed E-state index contributed by atoms with van der Waals surface area (Å²) in [6, 6.07) is 13.3. The predicted octanol–water partition coefficient (Wildman–Crippen LogP) is 3.27. The molecule has 0 radical (unpaired) electrons. The molecule has 1 unspecified atom stereocenters. The van der Waals surface area contributed by atoms with Crippen molar-refractivity contribution >= 4 is 0 Å². The van der Waals surface area contributed by atoms with E-state index in [4.69, 9.17) is 4.74 Å². The van der Waals surface area contributed by atoms with Crippen LogP contribution in [0.15, 0.2) is 42.6 Å². The van der Waals surface area contributed by atoms with Crippen molar-refractivity contribution in [1.82, 2.24) is 4.57 Å². The number of nitrogens with one attached hydrogen (secondary N) is 1. The summed E-state index contributed by atoms with van der Waals surface area (Å²) >= 11 is 0. The molecule has 0 bridgehead atoms. The molecule has 0 amide bonds. The van der Waals surface area contributed by atoms with Crippen LogP contribution < -0.4 is 4.90 Å². The third kappa shape index (κ3) is 7.96. The molecule has 1 heterocycles. The van der Waals surface area contributed by atoms with Gasteiger partial charge in [0.2, 0.25) is 0 Å². The van der Waals surface area contributed by atoms with E-state index in [0.717, 1.165) is 26.1 Å². The molecular weight excluding hydrogens is 360 g/mol. The van der Waals surface area contributed by atoms with Gasteiger partial charge >= 0.3 is 0 Å². The van der Waals surface area contributed by atoms with Crippen molar-refractivity contribution < 1.29 is 14.7 Å². The lowest BCUT2D eigenvalue weighted by Gasteiger charge is -2.24. The van der Waals surface area contributed by atoms with Crippen LogP contribution in [0.25, 0.3) is 0 Å². The monoisotopic (exact) mass is 401 g/mol. The minimum Gasteiger partial charge on any atom is -0.385 e. The summed E-state index contributed by atoms with van der Waals surface area (Å²) < 4.78 is 7.47. The molecular formula is C25H41N2O2+. The molecule has 29 heavy (non-hydrogen) atoms. The van der Waals surface area contributed by atoms with E-state index < -0.39 is 6.10 Å². The van der Waals surface area contributed by atoms with Gasteiger partial charge in [-0.2, -0.15) is 0 Å². The third-order valence-electron chi connectivity index (χ3n) is 5.49. The van der Waals surface area contributed by atoms with Crippen molar-refractivity contribution in [3.63, 3.8) is 0 Å². The zero-order chi connectivity index (χ0) is 21.4.